The summed E-state index contributed by atoms with van der Waals surface area (Å²) < 4.78 is 0. The molecule has 5 aromatic heterocycles. The first kappa shape index (κ1) is 99.5. The quantitative estimate of drug-likeness (QED) is 0.100. The van der Waals surface area contributed by atoms with Crippen molar-refractivity contribution in [1.29, 1.82) is 0 Å². The monoisotopic (exact) mass is 2380 g/mol. The van der Waals surface area contributed by atoms with E-state index < -0.39 is 0 Å². The largest absolute Gasteiger partial charge is 3.00 e. The molecule has 1 aliphatic rings. The average molecular weight is 2380 g/mol. The first-order chi connectivity index (χ1) is 61.7. The second-order valence-corrected chi connectivity index (χ2v) is 28.9. The fourth-order valence-corrected chi connectivity index (χ4v) is 13.1. The van der Waals surface area contributed by atoms with Crippen molar-refractivity contribution in [2.24, 2.45) is 5.92 Å². The Kier molecular flexibility index (Phi) is 42.7. The molecule has 0 aliphatic carbocycles. The van der Waals surface area contributed by atoms with Crippen molar-refractivity contribution in [3.63, 3.8) is 0 Å². The zero-order valence-electron chi connectivity index (χ0n) is 71.7. The van der Waals surface area contributed by atoms with E-state index in [0.29, 0.717) is 5.92 Å². The van der Waals surface area contributed by atoms with Gasteiger partial charge >= 0.3 is 60.3 Å². The summed E-state index contributed by atoms with van der Waals surface area (Å²) in [6, 6.07) is 173. The predicted octanol–water partition coefficient (Wildman–Crippen LogP) is 28.9. The first-order valence-electron chi connectivity index (χ1n) is 41.5. The molecule has 0 N–H and O–H groups in total. The van der Waals surface area contributed by atoms with E-state index in [9.17, 15) is 0 Å². The van der Waals surface area contributed by atoms with E-state index in [0.717, 1.165) is 102 Å². The molecule has 0 bridgehead atoms. The van der Waals surface area contributed by atoms with Crippen LogP contribution < -0.4 is 9.80 Å². The molecule has 0 unspecified atom stereocenters. The molecule has 0 fully saturated rings. The number of hydrogen-bond acceptors (Lipinski definition) is 7. The van der Waals surface area contributed by atoms with Crippen molar-refractivity contribution in [1.82, 2.24) is 24.9 Å². The Balaban J connectivity index is 0.000000167. The van der Waals surface area contributed by atoms with Crippen molar-refractivity contribution in [2.45, 2.75) is 34.1 Å². The third-order valence-corrected chi connectivity index (χ3v) is 19.4. The van der Waals surface area contributed by atoms with E-state index >= 15 is 0 Å². The number of benzene rings is 14. The van der Waals surface area contributed by atoms with E-state index in [1.54, 1.807) is 24.8 Å². The summed E-state index contributed by atoms with van der Waals surface area (Å²) in [6.45, 7) is 10.7. The maximum atomic E-state index is 4.65. The van der Waals surface area contributed by atoms with Crippen LogP contribution in [0.15, 0.2) is 462 Å². The van der Waals surface area contributed by atoms with Gasteiger partial charge in [-0.1, -0.05) is 207 Å². The summed E-state index contributed by atoms with van der Waals surface area (Å²) in [4.78, 5) is 25.8. The average Bonchev–Trinajstić information content (AvgIpc) is 1.60. The van der Waals surface area contributed by atoms with E-state index in [1.165, 1.54) is 44.5 Å². The molecule has 1 radical (unpaired) electrons. The van der Waals surface area contributed by atoms with Crippen molar-refractivity contribution in [3.05, 3.63) is 546 Å². The zero-order valence-corrected chi connectivity index (χ0v) is 81.3. The Morgan fingerprint density at radius 2 is 0.667 bits per heavy atom. The van der Waals surface area contributed by atoms with Crippen LogP contribution in [0.25, 0.3) is 112 Å². The van der Waals surface area contributed by atoms with Crippen LogP contribution in [0.1, 0.15) is 30.7 Å². The van der Waals surface area contributed by atoms with Gasteiger partial charge in [0.15, 0.2) is 0 Å². The Morgan fingerprint density at radius 3 is 1.11 bits per heavy atom. The Morgan fingerprint density at radius 1 is 0.271 bits per heavy atom. The minimum absolute atomic E-state index is 0. The molecule has 1 aliphatic heterocycles. The molecule has 11 heteroatoms. The number of anilines is 2. The number of para-hydroxylation sites is 2. The summed E-state index contributed by atoms with van der Waals surface area (Å²) in [6.07, 6.45) is 12.3. The van der Waals surface area contributed by atoms with Crippen LogP contribution in [-0.2, 0) is 86.8 Å². The number of nitrogens with zero attached hydrogens (tertiary/aromatic N) is 7. The molecule has 20 rings (SSSR count). The second-order valence-electron chi connectivity index (χ2n) is 28.9. The molecule has 0 saturated carbocycles. The van der Waals surface area contributed by atoms with E-state index in [4.69, 9.17) is 0 Å². The minimum atomic E-state index is 0. The van der Waals surface area contributed by atoms with Gasteiger partial charge in [-0.2, -0.15) is 103 Å². The van der Waals surface area contributed by atoms with Gasteiger partial charge in [0, 0.05) is 56.3 Å². The predicted molar refractivity (Wildman–Crippen MR) is 516 cm³/mol. The molecule has 0 saturated heterocycles. The molecule has 0 amide bonds. The van der Waals surface area contributed by atoms with Gasteiger partial charge in [-0.25, -0.2) is 22.3 Å². The van der Waals surface area contributed by atoms with Gasteiger partial charge in [0.25, 0.3) is 0 Å². The van der Waals surface area contributed by atoms with Crippen molar-refractivity contribution >= 4 is 11.4 Å². The van der Waals surface area contributed by atoms with Crippen LogP contribution in [0.3, 0.4) is 0 Å². The topological polar surface area (TPSA) is 70.9 Å². The number of aromatic nitrogens is 5. The Hall–Kier alpha value is -13.2. The SMILES string of the molecule is CC(C)Cc1cccc(-c2[c-]cccc2)n1.Cc1cc(-c2[c-]cccc2)[c-]cc1-c1ccccc1.Cc1ccccc1-c1c[c-]c(-c2[c-]cccc2)cc1.[Ir+3].[Ir+3].[Ir+3].[Ir].[c-]1ccc(-c2ccccc2)cc1-c1ccccn1.[c-]1ccccc1-c1ccccn1.[c-]1ccccc1-c1ccccn1.[c-]1ccccc1-c1ccccn1.[c-]1ccccc1N1C=CN(c2ccccc2)[CH-]1. The molecule has 14 aromatic carbocycles. The molecular weight excluding hydrogens is 2280 g/mol. The molecule has 129 heavy (non-hydrogen) atoms. The van der Waals surface area contributed by atoms with E-state index in [1.807, 2.05) is 309 Å². The van der Waals surface area contributed by atoms with Gasteiger partial charge < -0.3 is 34.7 Å². The maximum Gasteiger partial charge on any atom is 3.00 e. The van der Waals surface area contributed by atoms with Crippen LogP contribution in [0.4, 0.5) is 11.4 Å². The van der Waals surface area contributed by atoms with Crippen LogP contribution in [0.2, 0.25) is 0 Å². The third kappa shape index (κ3) is 31.9. The van der Waals surface area contributed by atoms with Crippen molar-refractivity contribution in [3.8, 4) is 112 Å². The Labute approximate surface area is 817 Å². The van der Waals surface area contributed by atoms with Crippen LogP contribution in [0, 0.1) is 87.1 Å². The molecule has 7 nitrogen and oxygen atoms in total. The van der Waals surface area contributed by atoms with Crippen LogP contribution in [0.5, 0.6) is 0 Å². The van der Waals surface area contributed by atoms with Gasteiger partial charge in [0.2, 0.25) is 0 Å². The van der Waals surface area contributed by atoms with E-state index in [2.05, 4.69) is 258 Å². The molecular formula is C118H92Ir4N7-2. The van der Waals surface area contributed by atoms with Gasteiger partial charge in [-0.15, -0.1) is 233 Å². The van der Waals surface area contributed by atoms with Gasteiger partial charge in [0.05, 0.1) is 0 Å². The molecule has 19 aromatic rings. The molecule has 0 atom stereocenters. The molecule has 6 heterocycles. The number of rotatable bonds is 14. The van der Waals surface area contributed by atoms with Crippen LogP contribution >= 0.6 is 0 Å². The summed E-state index contributed by atoms with van der Waals surface area (Å²) in [7, 11) is 0. The normalized spacial score (nSPS) is 10.4. The fourth-order valence-electron chi connectivity index (χ4n) is 13.1. The van der Waals surface area contributed by atoms with Gasteiger partial charge in [-0.05, 0) is 108 Å². The third-order valence-electron chi connectivity index (χ3n) is 19.4. The summed E-state index contributed by atoms with van der Waals surface area (Å²) >= 11 is 0. The number of aryl methyl sites for hydroxylation is 2. The maximum absolute atomic E-state index is 4.65. The summed E-state index contributed by atoms with van der Waals surface area (Å²) in [5.41, 5.74) is 27.7. The fraction of sp³-hybridized carbons (Fsp3) is 0.0508. The second kappa shape index (κ2) is 55.4. The minimum Gasteiger partial charge on any atom is -0.500 e. The molecule has 637 valence electrons. The zero-order chi connectivity index (χ0) is 85.9. The first-order valence-corrected chi connectivity index (χ1v) is 41.5. The Bertz CT molecular complexity index is 5880. The smallest absolute Gasteiger partial charge is 0.500 e. The van der Waals surface area contributed by atoms with Crippen molar-refractivity contribution in [2.75, 3.05) is 9.80 Å². The molecule has 0 spiro atoms. The summed E-state index contributed by atoms with van der Waals surface area (Å²) in [5.74, 6) is 0.641. The van der Waals surface area contributed by atoms with Crippen LogP contribution in [-0.4, -0.2) is 24.9 Å². The summed E-state index contributed by atoms with van der Waals surface area (Å²) in [5, 5.41) is 0. The van der Waals surface area contributed by atoms with E-state index in [-0.39, 0.29) is 80.4 Å². The number of hydrogen-bond donors (Lipinski definition) is 0. The van der Waals surface area contributed by atoms with Gasteiger partial charge in [0.1, 0.15) is 0 Å². The number of pyridine rings is 5. The standard InChI is InChI=1S/2C19H14.C17H12N.C15H12N2.C15H16N.3C11H8N.4Ir/c1-15-14-18(16-8-4-2-5-9-16)12-13-19(15)17-10-6-3-7-11-17;1-15-7-5-6-10-19(15)18-13-11-17(12-14-18)16-8-3-2-4-9-16;1-2-7-14(8-3-1)15-9-6-10-16(13-15)17-11-4-5-12-18-17;1-3-7-14(8-4-1)16-11-12-17(13-16)15-9-5-2-6-10-15;1-12(2)11-14-9-6-10-15(16-14)13-7-4-3-5-8-13;3*1-2-6-10(7-3-1)11-8-4-5-9-12-11;;;;/h2*2-8,10-11,13-14H,1H3;1-9,11-13H;1-9,11-13H;3-7,9-10,12H,11H2,1-2H3;3*1-6,8-9H;;;;/q2*-2;-1;-2;4*-1;;3*+3. The van der Waals surface area contributed by atoms with Crippen molar-refractivity contribution < 1.29 is 80.4 Å². The van der Waals surface area contributed by atoms with Gasteiger partial charge in [-0.3, -0.25) is 0 Å².